The molecule has 0 atom stereocenters. The second kappa shape index (κ2) is 10.4. The Morgan fingerprint density at radius 3 is 1.20 bits per heavy atom. The third-order valence-electron chi connectivity index (χ3n) is 7.17. The molecule has 1 nitrogen and oxygen atoms in total. The van der Waals surface area contributed by atoms with Crippen LogP contribution in [0.3, 0.4) is 0 Å². The minimum Gasteiger partial charge on any atom is -0.455 e. The first-order valence-electron chi connectivity index (χ1n) is 27.2. The third-order valence-corrected chi connectivity index (χ3v) is 7.17. The summed E-state index contributed by atoms with van der Waals surface area (Å²) in [5.41, 5.74) is -7.74. The van der Waals surface area contributed by atoms with Gasteiger partial charge in [0.1, 0.15) is 11.2 Å². The van der Waals surface area contributed by atoms with Crippen molar-refractivity contribution in [3.63, 3.8) is 0 Å². The van der Waals surface area contributed by atoms with Crippen LogP contribution >= 0.6 is 0 Å². The maximum absolute atomic E-state index is 9.52. The molecule has 0 fully saturated rings. The molecule has 1 aromatic heterocycles. The lowest BCUT2D eigenvalue weighted by Crippen LogP contribution is -1.92. The molecule has 9 aromatic rings. The van der Waals surface area contributed by atoms with Gasteiger partial charge >= 0.3 is 0 Å². The molecule has 0 saturated carbocycles. The van der Waals surface area contributed by atoms with Gasteiger partial charge in [-0.25, -0.2) is 0 Å². The van der Waals surface area contributed by atoms with Gasteiger partial charge in [0.05, 0.1) is 38.4 Å². The van der Waals surface area contributed by atoms with Crippen LogP contribution < -0.4 is 0 Å². The fraction of sp³-hybridized carbons (Fsp3) is 0. The Morgan fingerprint density at radius 2 is 0.644 bits per heavy atom. The Morgan fingerprint density at radius 1 is 0.289 bits per heavy atom. The number of hydrogen-bond acceptors (Lipinski definition) is 1. The number of benzene rings is 8. The molecule has 0 aliphatic rings. The van der Waals surface area contributed by atoms with Gasteiger partial charge in [0, 0.05) is 27.5 Å². The van der Waals surface area contributed by atoms with Crippen molar-refractivity contribution in [1.29, 1.82) is 0 Å². The van der Waals surface area contributed by atoms with Crippen LogP contribution in [0.4, 0.5) is 0 Å². The molecular weight excluding hydrogens is 544 g/mol. The molecule has 0 bridgehead atoms. The average molecular weight is 601 g/mol. The Hall–Kier alpha value is -5.92. The Kier molecular flexibility index (Phi) is 2.32. The first kappa shape index (κ1) is 10.1. The fourth-order valence-electron chi connectivity index (χ4n) is 5.36. The van der Waals surface area contributed by atoms with E-state index in [4.69, 9.17) is 31.8 Å². The first-order chi connectivity index (χ1) is 34.0. The van der Waals surface area contributed by atoms with Crippen LogP contribution in [0.5, 0.6) is 0 Å². The van der Waals surface area contributed by atoms with Crippen LogP contribution in [0, 0.1) is 0 Å². The molecule has 0 spiro atoms. The molecule has 0 aliphatic heterocycles. The quantitative estimate of drug-likeness (QED) is 0.183. The molecule has 9 rings (SSSR count). The number of hydrogen-bond donors (Lipinski definition) is 0. The standard InChI is InChI=1S/C44H28O/c1-3-15-29(16-4-1)31-19-7-8-20-33(31)41-34-21-9-11-23-36(34)42(37-24-12-10-22-35(37)41)40-28-14-27-39-38-26-13-25-32(43(38)45-44(39)40)30-17-5-2-6-18-30/h1-28H/i1D,2D,3D,4D,5D,6D,7D,8D,9D,10D,11D,12D,13D,14D,15D,16D,17D,18D,19D,20D,21D,22D,23D,24D,25D,26D,27D,28D. The Labute approximate surface area is 301 Å². The van der Waals surface area contributed by atoms with E-state index in [0.29, 0.717) is 0 Å². The van der Waals surface area contributed by atoms with E-state index in [9.17, 15) is 11.0 Å². The summed E-state index contributed by atoms with van der Waals surface area (Å²) in [5.74, 6) is 0. The molecule has 1 heteroatoms. The van der Waals surface area contributed by atoms with Crippen LogP contribution in [0.1, 0.15) is 38.4 Å². The van der Waals surface area contributed by atoms with Crippen molar-refractivity contribution in [2.24, 2.45) is 0 Å². The van der Waals surface area contributed by atoms with E-state index in [2.05, 4.69) is 0 Å². The smallest absolute Gasteiger partial charge is 0.143 e. The molecule has 0 amide bonds. The lowest BCUT2D eigenvalue weighted by molar-refractivity contribution is 0.671. The molecule has 45 heavy (non-hydrogen) atoms. The second-order valence-electron chi connectivity index (χ2n) is 9.51. The highest BCUT2D eigenvalue weighted by molar-refractivity contribution is 6.25. The van der Waals surface area contributed by atoms with E-state index in [-0.39, 0.29) is 0 Å². The Balaban J connectivity index is 1.65. The molecule has 0 radical (unpaired) electrons. The van der Waals surface area contributed by atoms with Crippen molar-refractivity contribution in [3.8, 4) is 44.5 Å². The zero-order valence-corrected chi connectivity index (χ0v) is 22.4. The molecule has 0 saturated heterocycles. The minimum absolute atomic E-state index is 0.574. The van der Waals surface area contributed by atoms with E-state index < -0.39 is 257 Å². The van der Waals surface area contributed by atoms with E-state index >= 15 is 0 Å². The molecule has 210 valence electrons. The highest BCUT2D eigenvalue weighted by Crippen LogP contribution is 2.48. The number of fused-ring (bicyclic) bond motifs is 5. The van der Waals surface area contributed by atoms with Crippen molar-refractivity contribution >= 4 is 43.5 Å². The van der Waals surface area contributed by atoms with Gasteiger partial charge in [-0.15, -0.1) is 0 Å². The second-order valence-corrected chi connectivity index (χ2v) is 9.51. The van der Waals surface area contributed by atoms with E-state index in [1.165, 1.54) is 0 Å². The van der Waals surface area contributed by atoms with Crippen molar-refractivity contribution in [2.45, 2.75) is 0 Å². The summed E-state index contributed by atoms with van der Waals surface area (Å²) < 4.78 is 256. The van der Waals surface area contributed by atoms with Crippen molar-refractivity contribution < 1.29 is 42.8 Å². The third kappa shape index (κ3) is 4.02. The predicted molar refractivity (Wildman–Crippen MR) is 190 cm³/mol. The van der Waals surface area contributed by atoms with Crippen LogP contribution in [0.2, 0.25) is 0 Å². The summed E-state index contributed by atoms with van der Waals surface area (Å²) >= 11 is 0. The predicted octanol–water partition coefficient (Wildman–Crippen LogP) is 12.6. The van der Waals surface area contributed by atoms with Gasteiger partial charge in [-0.2, -0.15) is 0 Å². The Bertz CT molecular complexity index is 3980. The van der Waals surface area contributed by atoms with E-state index in [1.807, 2.05) is 0 Å². The highest BCUT2D eigenvalue weighted by atomic mass is 16.3. The van der Waals surface area contributed by atoms with Gasteiger partial charge in [0.2, 0.25) is 0 Å². The summed E-state index contributed by atoms with van der Waals surface area (Å²) in [5, 5.41) is -4.36. The lowest BCUT2D eigenvalue weighted by Gasteiger charge is -2.19. The number of furan rings is 1. The van der Waals surface area contributed by atoms with E-state index in [1.54, 1.807) is 0 Å². The van der Waals surface area contributed by atoms with Gasteiger partial charge in [-0.05, 0) is 49.4 Å². The van der Waals surface area contributed by atoms with Crippen LogP contribution in [-0.4, -0.2) is 0 Å². The molecule has 8 aromatic carbocycles. The maximum Gasteiger partial charge on any atom is 0.143 e. The molecule has 0 aliphatic carbocycles. The van der Waals surface area contributed by atoms with Crippen LogP contribution in [0.25, 0.3) is 88.0 Å². The summed E-state index contributed by atoms with van der Waals surface area (Å²) in [4.78, 5) is 0. The number of para-hydroxylation sites is 2. The van der Waals surface area contributed by atoms with Gasteiger partial charge in [-0.3, -0.25) is 0 Å². The minimum atomic E-state index is -1.08. The van der Waals surface area contributed by atoms with Gasteiger partial charge in [-0.1, -0.05) is 169 Å². The van der Waals surface area contributed by atoms with E-state index in [0.717, 1.165) is 0 Å². The normalized spacial score (nSPS) is 20.3. The summed E-state index contributed by atoms with van der Waals surface area (Å²) in [7, 11) is 0. The van der Waals surface area contributed by atoms with Gasteiger partial charge in [0.25, 0.3) is 0 Å². The average Bonchev–Trinajstić information content (AvgIpc) is 3.76. The van der Waals surface area contributed by atoms with Gasteiger partial charge in [0.15, 0.2) is 0 Å². The van der Waals surface area contributed by atoms with Crippen LogP contribution in [-0.2, 0) is 0 Å². The van der Waals surface area contributed by atoms with Gasteiger partial charge < -0.3 is 4.42 Å². The summed E-state index contributed by atoms with van der Waals surface area (Å²) in [6.45, 7) is 0. The SMILES string of the molecule is [2H]c1c([2H])c([2H])c(-c2c([2H])c([2H])c([2H])c([2H])c2-c2c3c([2H])c([2H])c([2H])c([2H])c3c(-c3c([2H])c([2H])c([2H])c4c3oc3c(-c5c([2H])c([2H])c([2H])c([2H])c5[2H])c([2H])c([2H])c([2H])c34)c3c([2H])c([2H])c([2H])c([2H])c23)c([2H])c1[2H]. The van der Waals surface area contributed by atoms with Crippen molar-refractivity contribution in [1.82, 2.24) is 0 Å². The lowest BCUT2D eigenvalue weighted by atomic mass is 9.83. The molecular formula is C44H28O. The first-order valence-corrected chi connectivity index (χ1v) is 13.2. The highest BCUT2D eigenvalue weighted by Gasteiger charge is 2.22. The summed E-state index contributed by atoms with van der Waals surface area (Å²) in [6, 6.07) is -27.4. The molecule has 0 N–H and O–H groups in total. The zero-order chi connectivity index (χ0) is 54.1. The largest absolute Gasteiger partial charge is 0.455 e. The molecule has 1 heterocycles. The summed E-state index contributed by atoms with van der Waals surface area (Å²) in [6.07, 6.45) is 0. The monoisotopic (exact) mass is 600 g/mol. The van der Waals surface area contributed by atoms with Crippen LogP contribution in [0.15, 0.2) is 174 Å². The number of rotatable bonds is 4. The fourth-order valence-corrected chi connectivity index (χ4v) is 5.36. The molecule has 0 unspecified atom stereocenters. The zero-order valence-electron chi connectivity index (χ0n) is 50.4. The maximum atomic E-state index is 9.52. The van der Waals surface area contributed by atoms with Crippen molar-refractivity contribution in [3.05, 3.63) is 169 Å². The van der Waals surface area contributed by atoms with Crippen molar-refractivity contribution in [2.75, 3.05) is 0 Å². The topological polar surface area (TPSA) is 13.1 Å².